The van der Waals surface area contributed by atoms with Crippen molar-refractivity contribution in [1.29, 1.82) is 0 Å². The van der Waals surface area contributed by atoms with Crippen molar-refractivity contribution >= 4 is 10.2 Å². The molecule has 0 aliphatic carbocycles. The average molecular weight is 299 g/mol. The molecule has 1 aliphatic heterocycles. The van der Waals surface area contributed by atoms with Crippen LogP contribution in [0.3, 0.4) is 0 Å². The third-order valence-corrected chi connectivity index (χ3v) is 5.26. The van der Waals surface area contributed by atoms with Crippen LogP contribution in [0.15, 0.2) is 24.5 Å². The summed E-state index contributed by atoms with van der Waals surface area (Å²) in [5, 5.41) is 0. The minimum Gasteiger partial charge on any atom is -0.487 e. The van der Waals surface area contributed by atoms with Gasteiger partial charge in [-0.05, 0) is 25.0 Å². The first kappa shape index (κ1) is 15.2. The molecule has 0 spiro atoms. The number of pyridine rings is 1. The summed E-state index contributed by atoms with van der Waals surface area (Å²) in [5.41, 5.74) is 0. The lowest BCUT2D eigenvalue weighted by molar-refractivity contribution is 0.213. The molecule has 2 heterocycles. The van der Waals surface area contributed by atoms with Crippen molar-refractivity contribution in [3.63, 3.8) is 0 Å². The van der Waals surface area contributed by atoms with Crippen molar-refractivity contribution < 1.29 is 13.2 Å². The van der Waals surface area contributed by atoms with Gasteiger partial charge in [-0.1, -0.05) is 6.92 Å². The molecule has 1 saturated heterocycles. The van der Waals surface area contributed by atoms with E-state index in [1.54, 1.807) is 25.5 Å². The van der Waals surface area contributed by atoms with Crippen LogP contribution in [0.25, 0.3) is 0 Å². The van der Waals surface area contributed by atoms with Gasteiger partial charge >= 0.3 is 0 Å². The Labute approximate surface area is 120 Å². The van der Waals surface area contributed by atoms with Gasteiger partial charge in [0, 0.05) is 26.3 Å². The van der Waals surface area contributed by atoms with Crippen LogP contribution in [0.1, 0.15) is 19.8 Å². The Bertz CT molecular complexity index is 521. The zero-order valence-corrected chi connectivity index (χ0v) is 12.7. The maximum absolute atomic E-state index is 12.3. The summed E-state index contributed by atoms with van der Waals surface area (Å²) >= 11 is 0. The lowest BCUT2D eigenvalue weighted by Crippen LogP contribution is -2.41. The first-order valence-electron chi connectivity index (χ1n) is 6.82. The predicted molar refractivity (Wildman–Crippen MR) is 76.7 cm³/mol. The lowest BCUT2D eigenvalue weighted by Gasteiger charge is -2.23. The topological polar surface area (TPSA) is 62.7 Å². The molecular formula is C13H21N3O3S. The first-order valence-corrected chi connectivity index (χ1v) is 8.22. The van der Waals surface area contributed by atoms with E-state index in [1.165, 1.54) is 8.61 Å². The van der Waals surface area contributed by atoms with Gasteiger partial charge in [-0.3, -0.25) is 4.98 Å². The quantitative estimate of drug-likeness (QED) is 0.790. The van der Waals surface area contributed by atoms with E-state index in [0.717, 1.165) is 6.42 Å². The Kier molecular flexibility index (Phi) is 4.95. The molecule has 7 heteroatoms. The highest BCUT2D eigenvalue weighted by molar-refractivity contribution is 7.86. The molecule has 0 radical (unpaired) electrons. The lowest BCUT2D eigenvalue weighted by atomic mass is 10.3. The van der Waals surface area contributed by atoms with Crippen LogP contribution >= 0.6 is 0 Å². The summed E-state index contributed by atoms with van der Waals surface area (Å²) < 4.78 is 33.3. The molecule has 0 bridgehead atoms. The standard InChI is InChI=1S/C13H21N3O3S/c1-3-8-15(2)20(17,18)16-9-6-13(11-16)19-12-5-4-7-14-10-12/h4-5,7,10,13H,3,6,8-9,11H2,1-2H3. The number of hydrogen-bond donors (Lipinski definition) is 0. The highest BCUT2D eigenvalue weighted by atomic mass is 32.2. The van der Waals surface area contributed by atoms with E-state index in [-0.39, 0.29) is 6.10 Å². The molecule has 0 N–H and O–H groups in total. The highest BCUT2D eigenvalue weighted by Gasteiger charge is 2.34. The van der Waals surface area contributed by atoms with Gasteiger partial charge in [-0.25, -0.2) is 0 Å². The van der Waals surface area contributed by atoms with Crippen LogP contribution in [0.4, 0.5) is 0 Å². The smallest absolute Gasteiger partial charge is 0.281 e. The molecule has 0 aromatic carbocycles. The zero-order valence-electron chi connectivity index (χ0n) is 11.9. The number of hydrogen-bond acceptors (Lipinski definition) is 4. The molecule has 1 aliphatic rings. The Morgan fingerprint density at radius 2 is 2.35 bits per heavy atom. The molecule has 1 aromatic heterocycles. The van der Waals surface area contributed by atoms with Crippen molar-refractivity contribution in [2.75, 3.05) is 26.7 Å². The van der Waals surface area contributed by atoms with E-state index in [1.807, 2.05) is 13.0 Å². The first-order chi connectivity index (χ1) is 9.54. The molecule has 1 unspecified atom stereocenters. The maximum Gasteiger partial charge on any atom is 0.281 e. The van der Waals surface area contributed by atoms with Gasteiger partial charge in [0.15, 0.2) is 0 Å². The van der Waals surface area contributed by atoms with Crippen molar-refractivity contribution in [3.8, 4) is 5.75 Å². The molecular weight excluding hydrogens is 278 g/mol. The van der Waals surface area contributed by atoms with Crippen molar-refractivity contribution in [3.05, 3.63) is 24.5 Å². The fourth-order valence-corrected chi connectivity index (χ4v) is 3.74. The summed E-state index contributed by atoms with van der Waals surface area (Å²) in [5.74, 6) is 0.679. The Morgan fingerprint density at radius 3 is 3.00 bits per heavy atom. The van der Waals surface area contributed by atoms with Gasteiger partial charge < -0.3 is 4.74 Å². The second-order valence-corrected chi connectivity index (χ2v) is 6.94. The number of rotatable bonds is 6. The molecule has 20 heavy (non-hydrogen) atoms. The third-order valence-electron chi connectivity index (χ3n) is 3.30. The Morgan fingerprint density at radius 1 is 1.55 bits per heavy atom. The van der Waals surface area contributed by atoms with Crippen LogP contribution in [0.2, 0.25) is 0 Å². The van der Waals surface area contributed by atoms with Gasteiger partial charge in [0.1, 0.15) is 11.9 Å². The van der Waals surface area contributed by atoms with Gasteiger partial charge in [0.25, 0.3) is 10.2 Å². The minimum absolute atomic E-state index is 0.107. The Balaban J connectivity index is 1.95. The fraction of sp³-hybridized carbons (Fsp3) is 0.615. The van der Waals surface area contributed by atoms with E-state index >= 15 is 0 Å². The summed E-state index contributed by atoms with van der Waals surface area (Å²) in [7, 11) is -1.74. The number of nitrogens with zero attached hydrogens (tertiary/aromatic N) is 3. The fourth-order valence-electron chi connectivity index (χ4n) is 2.24. The monoisotopic (exact) mass is 299 g/mol. The van der Waals surface area contributed by atoms with Gasteiger partial charge in [-0.2, -0.15) is 17.0 Å². The number of ether oxygens (including phenoxy) is 1. The number of aromatic nitrogens is 1. The summed E-state index contributed by atoms with van der Waals surface area (Å²) in [6.07, 6.45) is 4.72. The zero-order chi connectivity index (χ0) is 14.6. The molecule has 112 valence electrons. The molecule has 1 aromatic rings. The second kappa shape index (κ2) is 6.51. The van der Waals surface area contributed by atoms with Gasteiger partial charge in [0.05, 0.1) is 12.7 Å². The Hall–Kier alpha value is -1.18. The minimum atomic E-state index is -3.36. The molecule has 6 nitrogen and oxygen atoms in total. The van der Waals surface area contributed by atoms with Crippen LogP contribution in [0, 0.1) is 0 Å². The van der Waals surface area contributed by atoms with Gasteiger partial charge in [-0.15, -0.1) is 0 Å². The maximum atomic E-state index is 12.3. The normalized spacial score (nSPS) is 20.4. The van der Waals surface area contributed by atoms with Crippen LogP contribution < -0.4 is 4.74 Å². The van der Waals surface area contributed by atoms with Gasteiger partial charge in [0.2, 0.25) is 0 Å². The summed E-state index contributed by atoms with van der Waals surface area (Å²) in [6, 6.07) is 3.63. The molecule has 0 amide bonds. The van der Waals surface area contributed by atoms with E-state index < -0.39 is 10.2 Å². The van der Waals surface area contributed by atoms with E-state index in [2.05, 4.69) is 4.98 Å². The van der Waals surface area contributed by atoms with E-state index in [0.29, 0.717) is 31.8 Å². The molecule has 0 saturated carbocycles. The molecule has 2 rings (SSSR count). The molecule has 1 atom stereocenters. The summed E-state index contributed by atoms with van der Waals surface area (Å²) in [6.45, 7) is 3.39. The highest BCUT2D eigenvalue weighted by Crippen LogP contribution is 2.20. The largest absolute Gasteiger partial charge is 0.487 e. The summed E-state index contributed by atoms with van der Waals surface area (Å²) in [4.78, 5) is 3.98. The van der Waals surface area contributed by atoms with Crippen molar-refractivity contribution in [2.45, 2.75) is 25.9 Å². The van der Waals surface area contributed by atoms with E-state index in [4.69, 9.17) is 4.74 Å². The van der Waals surface area contributed by atoms with Crippen LogP contribution in [-0.2, 0) is 10.2 Å². The van der Waals surface area contributed by atoms with Crippen molar-refractivity contribution in [2.24, 2.45) is 0 Å². The average Bonchev–Trinajstić information content (AvgIpc) is 2.89. The SMILES string of the molecule is CCCN(C)S(=O)(=O)N1CCC(Oc2cccnc2)C1. The second-order valence-electron chi connectivity index (χ2n) is 4.90. The van der Waals surface area contributed by atoms with E-state index in [9.17, 15) is 8.42 Å². The van der Waals surface area contributed by atoms with Crippen molar-refractivity contribution in [1.82, 2.24) is 13.6 Å². The van der Waals surface area contributed by atoms with Crippen LogP contribution in [-0.4, -0.2) is 54.8 Å². The molecule has 1 fully saturated rings. The van der Waals surface area contributed by atoms with Crippen LogP contribution in [0.5, 0.6) is 5.75 Å². The third kappa shape index (κ3) is 3.47. The predicted octanol–water partition coefficient (Wildman–Crippen LogP) is 1.12.